The zero-order chi connectivity index (χ0) is 16.1. The molecular formula is C20H27NO. The highest BCUT2D eigenvalue weighted by molar-refractivity contribution is 5.42. The molecule has 2 nitrogen and oxygen atoms in total. The Bertz CT molecular complexity index is 619. The summed E-state index contributed by atoms with van der Waals surface area (Å²) in [4.78, 5) is 0. The molecule has 0 aliphatic rings. The first kappa shape index (κ1) is 16.6. The first-order chi connectivity index (χ1) is 10.6. The van der Waals surface area contributed by atoms with Crippen LogP contribution in [-0.4, -0.2) is 13.7 Å². The lowest BCUT2D eigenvalue weighted by Gasteiger charge is -2.21. The normalized spacial score (nSPS) is 12.5. The summed E-state index contributed by atoms with van der Waals surface area (Å²) in [7, 11) is 1.73. The van der Waals surface area contributed by atoms with Gasteiger partial charge in [0.2, 0.25) is 0 Å². The zero-order valence-corrected chi connectivity index (χ0v) is 14.1. The Hall–Kier alpha value is -1.80. The van der Waals surface area contributed by atoms with Gasteiger partial charge in [-0.1, -0.05) is 50.2 Å². The summed E-state index contributed by atoms with van der Waals surface area (Å²) in [5, 5.41) is 0. The number of methoxy groups -OCH3 is 1. The Morgan fingerprint density at radius 2 is 1.82 bits per heavy atom. The second kappa shape index (κ2) is 7.46. The van der Waals surface area contributed by atoms with Crippen LogP contribution < -0.4 is 10.5 Å². The molecular weight excluding hydrogens is 270 g/mol. The van der Waals surface area contributed by atoms with Crippen LogP contribution in [0.3, 0.4) is 0 Å². The van der Waals surface area contributed by atoms with Gasteiger partial charge in [-0.2, -0.15) is 0 Å². The minimum Gasteiger partial charge on any atom is -0.496 e. The monoisotopic (exact) mass is 297 g/mol. The molecule has 0 fully saturated rings. The molecule has 2 rings (SSSR count). The molecule has 0 heterocycles. The number of benzene rings is 2. The van der Waals surface area contributed by atoms with E-state index in [4.69, 9.17) is 10.5 Å². The number of nitrogens with two attached hydrogens (primary N) is 1. The van der Waals surface area contributed by atoms with Crippen LogP contribution in [-0.2, 0) is 6.42 Å². The first-order valence-electron chi connectivity index (χ1n) is 7.99. The average molecular weight is 297 g/mol. The van der Waals surface area contributed by atoms with Gasteiger partial charge in [0.1, 0.15) is 5.75 Å². The van der Waals surface area contributed by atoms with E-state index in [2.05, 4.69) is 63.2 Å². The van der Waals surface area contributed by atoms with E-state index in [0.29, 0.717) is 12.5 Å². The predicted molar refractivity (Wildman–Crippen MR) is 93.8 cm³/mol. The third-order valence-electron chi connectivity index (χ3n) is 4.37. The maximum Gasteiger partial charge on any atom is 0.122 e. The molecule has 0 amide bonds. The van der Waals surface area contributed by atoms with Crippen LogP contribution in [0.1, 0.15) is 47.9 Å². The van der Waals surface area contributed by atoms with Gasteiger partial charge < -0.3 is 10.5 Å². The van der Waals surface area contributed by atoms with E-state index in [-0.39, 0.29) is 5.92 Å². The SMILES string of the molecule is COc1ccc(C(C)C)cc1C(CN)Cc1ccccc1C. The smallest absolute Gasteiger partial charge is 0.122 e. The lowest BCUT2D eigenvalue weighted by Crippen LogP contribution is -2.17. The highest BCUT2D eigenvalue weighted by Crippen LogP contribution is 2.32. The number of hydrogen-bond donors (Lipinski definition) is 1. The molecule has 1 unspecified atom stereocenters. The molecule has 0 saturated heterocycles. The molecule has 2 aromatic carbocycles. The van der Waals surface area contributed by atoms with Crippen LogP contribution in [0.25, 0.3) is 0 Å². The van der Waals surface area contributed by atoms with Gasteiger partial charge in [-0.25, -0.2) is 0 Å². The Morgan fingerprint density at radius 3 is 2.41 bits per heavy atom. The quantitative estimate of drug-likeness (QED) is 0.857. The second-order valence-corrected chi connectivity index (χ2v) is 6.22. The highest BCUT2D eigenvalue weighted by atomic mass is 16.5. The van der Waals surface area contributed by atoms with Crippen molar-refractivity contribution >= 4 is 0 Å². The molecule has 0 aliphatic carbocycles. The minimum absolute atomic E-state index is 0.273. The molecule has 2 aromatic rings. The molecule has 1 atom stereocenters. The van der Waals surface area contributed by atoms with Gasteiger partial charge in [0.25, 0.3) is 0 Å². The lowest BCUT2D eigenvalue weighted by molar-refractivity contribution is 0.405. The van der Waals surface area contributed by atoms with Crippen LogP contribution in [0.5, 0.6) is 5.75 Å². The topological polar surface area (TPSA) is 35.2 Å². The van der Waals surface area contributed by atoms with Crippen LogP contribution in [0.2, 0.25) is 0 Å². The van der Waals surface area contributed by atoms with Crippen molar-refractivity contribution in [2.24, 2.45) is 5.73 Å². The van der Waals surface area contributed by atoms with Gasteiger partial charge in [-0.15, -0.1) is 0 Å². The van der Waals surface area contributed by atoms with E-state index in [0.717, 1.165) is 12.2 Å². The van der Waals surface area contributed by atoms with Crippen molar-refractivity contribution in [2.75, 3.05) is 13.7 Å². The van der Waals surface area contributed by atoms with Crippen LogP contribution in [0, 0.1) is 6.92 Å². The van der Waals surface area contributed by atoms with E-state index in [9.17, 15) is 0 Å². The molecule has 118 valence electrons. The van der Waals surface area contributed by atoms with Crippen molar-refractivity contribution < 1.29 is 4.74 Å². The maximum absolute atomic E-state index is 6.10. The molecule has 0 spiro atoms. The summed E-state index contributed by atoms with van der Waals surface area (Å²) >= 11 is 0. The Morgan fingerprint density at radius 1 is 1.09 bits per heavy atom. The number of hydrogen-bond acceptors (Lipinski definition) is 2. The van der Waals surface area contributed by atoms with Crippen LogP contribution >= 0.6 is 0 Å². The van der Waals surface area contributed by atoms with Crippen molar-refractivity contribution in [1.82, 2.24) is 0 Å². The largest absolute Gasteiger partial charge is 0.496 e. The van der Waals surface area contributed by atoms with Gasteiger partial charge in [-0.3, -0.25) is 0 Å². The van der Waals surface area contributed by atoms with Crippen LogP contribution in [0.4, 0.5) is 0 Å². The summed E-state index contributed by atoms with van der Waals surface area (Å²) in [6.07, 6.45) is 0.946. The van der Waals surface area contributed by atoms with Crippen molar-refractivity contribution in [2.45, 2.75) is 39.0 Å². The van der Waals surface area contributed by atoms with Crippen LogP contribution in [0.15, 0.2) is 42.5 Å². The van der Waals surface area contributed by atoms with Gasteiger partial charge >= 0.3 is 0 Å². The Kier molecular flexibility index (Phi) is 5.62. The van der Waals surface area contributed by atoms with Gasteiger partial charge in [-0.05, 0) is 54.1 Å². The third-order valence-corrected chi connectivity index (χ3v) is 4.37. The summed E-state index contributed by atoms with van der Waals surface area (Å²) < 4.78 is 5.58. The Labute approximate surface area is 134 Å². The Balaban J connectivity index is 2.37. The van der Waals surface area contributed by atoms with E-state index < -0.39 is 0 Å². The first-order valence-corrected chi connectivity index (χ1v) is 7.99. The number of rotatable bonds is 6. The molecule has 0 bridgehead atoms. The highest BCUT2D eigenvalue weighted by Gasteiger charge is 2.17. The third kappa shape index (κ3) is 3.69. The number of aryl methyl sites for hydroxylation is 1. The molecule has 0 aromatic heterocycles. The van der Waals surface area contributed by atoms with Crippen molar-refractivity contribution in [3.8, 4) is 5.75 Å². The summed E-state index contributed by atoms with van der Waals surface area (Å²) in [5.74, 6) is 1.71. The zero-order valence-electron chi connectivity index (χ0n) is 14.1. The van der Waals surface area contributed by atoms with Crippen molar-refractivity contribution in [3.63, 3.8) is 0 Å². The summed E-state index contributed by atoms with van der Waals surface area (Å²) in [6, 6.07) is 15.0. The maximum atomic E-state index is 6.10. The molecule has 0 aliphatic heterocycles. The average Bonchev–Trinajstić information content (AvgIpc) is 2.53. The molecule has 22 heavy (non-hydrogen) atoms. The van der Waals surface area contributed by atoms with Crippen molar-refractivity contribution in [1.29, 1.82) is 0 Å². The number of ether oxygens (including phenoxy) is 1. The molecule has 0 radical (unpaired) electrons. The predicted octanol–water partition coefficient (Wildman–Crippen LogP) is 4.41. The fourth-order valence-corrected chi connectivity index (χ4v) is 2.86. The standard InChI is InChI=1S/C20H27NO/c1-14(2)16-9-10-20(22-4)19(12-16)18(13-21)11-17-8-6-5-7-15(17)3/h5-10,12,14,18H,11,13,21H2,1-4H3. The second-order valence-electron chi connectivity index (χ2n) is 6.22. The van der Waals surface area contributed by atoms with E-state index in [1.54, 1.807) is 7.11 Å². The molecule has 2 heteroatoms. The van der Waals surface area contributed by atoms with Gasteiger partial charge in [0, 0.05) is 5.92 Å². The summed E-state index contributed by atoms with van der Waals surface area (Å²) in [5.41, 5.74) is 11.3. The minimum atomic E-state index is 0.273. The van der Waals surface area contributed by atoms with E-state index >= 15 is 0 Å². The summed E-state index contributed by atoms with van der Waals surface area (Å²) in [6.45, 7) is 7.20. The van der Waals surface area contributed by atoms with E-state index in [1.165, 1.54) is 22.3 Å². The van der Waals surface area contributed by atoms with E-state index in [1.807, 2.05) is 0 Å². The lowest BCUT2D eigenvalue weighted by atomic mass is 9.87. The van der Waals surface area contributed by atoms with Gasteiger partial charge in [0.05, 0.1) is 7.11 Å². The van der Waals surface area contributed by atoms with Gasteiger partial charge in [0.15, 0.2) is 0 Å². The fraction of sp³-hybridized carbons (Fsp3) is 0.400. The molecule has 0 saturated carbocycles. The molecule has 2 N–H and O–H groups in total. The fourth-order valence-electron chi connectivity index (χ4n) is 2.86. The van der Waals surface area contributed by atoms with Crippen molar-refractivity contribution in [3.05, 3.63) is 64.7 Å².